The van der Waals surface area contributed by atoms with Gasteiger partial charge in [0.05, 0.1) is 18.2 Å². The number of amides is 1. The molecule has 0 spiro atoms. The molecule has 6 heteroatoms. The number of carbonyl (C=O) groups is 1. The lowest BCUT2D eigenvalue weighted by atomic mass is 9.94. The van der Waals surface area contributed by atoms with Crippen molar-refractivity contribution < 1.29 is 4.79 Å². The number of aromatic nitrogens is 3. The van der Waals surface area contributed by atoms with Gasteiger partial charge in [-0.3, -0.25) is 9.78 Å². The fourth-order valence-corrected chi connectivity index (χ4v) is 4.21. The number of hydrogen-bond acceptors (Lipinski definition) is 5. The first-order valence-corrected chi connectivity index (χ1v) is 9.94. The molecule has 0 radical (unpaired) electrons. The summed E-state index contributed by atoms with van der Waals surface area (Å²) in [7, 11) is 0. The van der Waals surface area contributed by atoms with Gasteiger partial charge >= 0.3 is 0 Å². The first-order valence-electron chi connectivity index (χ1n) is 9.94. The van der Waals surface area contributed by atoms with Crippen LogP contribution in [0.2, 0.25) is 0 Å². The Bertz CT molecular complexity index is 809. The van der Waals surface area contributed by atoms with Gasteiger partial charge in [0.2, 0.25) is 5.91 Å². The highest BCUT2D eigenvalue weighted by Crippen LogP contribution is 2.32. The van der Waals surface area contributed by atoms with E-state index in [-0.39, 0.29) is 17.9 Å². The maximum atomic E-state index is 13.1. The lowest BCUT2D eigenvalue weighted by molar-refractivity contribution is -0.140. The van der Waals surface area contributed by atoms with Gasteiger partial charge in [0, 0.05) is 43.5 Å². The molecule has 0 saturated carbocycles. The summed E-state index contributed by atoms with van der Waals surface area (Å²) in [4.78, 5) is 31.2. The molecule has 1 amide bonds. The van der Waals surface area contributed by atoms with Crippen LogP contribution in [0.4, 0.5) is 5.82 Å². The SMILES string of the molecule is CCCc1nc(C)cc(N2C[C@H]3CC[C@@H](C2)N(Cc2ccccn2)C3=O)n1. The molecule has 142 valence electrons. The summed E-state index contributed by atoms with van der Waals surface area (Å²) >= 11 is 0. The Kier molecular flexibility index (Phi) is 5.05. The van der Waals surface area contributed by atoms with Gasteiger partial charge in [-0.25, -0.2) is 9.97 Å². The van der Waals surface area contributed by atoms with E-state index in [1.807, 2.05) is 30.0 Å². The Balaban J connectivity index is 1.58. The molecule has 2 bridgehead atoms. The zero-order valence-electron chi connectivity index (χ0n) is 16.1. The minimum atomic E-state index is 0.0392. The molecule has 2 atom stereocenters. The van der Waals surface area contributed by atoms with Crippen LogP contribution in [0.3, 0.4) is 0 Å². The number of hydrogen-bond donors (Lipinski definition) is 0. The van der Waals surface area contributed by atoms with Crippen molar-refractivity contribution in [2.45, 2.75) is 52.1 Å². The number of aryl methyl sites for hydroxylation is 2. The predicted molar refractivity (Wildman–Crippen MR) is 104 cm³/mol. The van der Waals surface area contributed by atoms with Crippen molar-refractivity contribution in [3.8, 4) is 0 Å². The highest BCUT2D eigenvalue weighted by Gasteiger charge is 2.41. The lowest BCUT2D eigenvalue weighted by Gasteiger charge is -2.35. The van der Waals surface area contributed by atoms with Crippen molar-refractivity contribution in [1.29, 1.82) is 0 Å². The molecular formula is C21H27N5O. The Morgan fingerprint density at radius 2 is 2.07 bits per heavy atom. The first kappa shape index (κ1) is 17.9. The number of anilines is 1. The third-order valence-corrected chi connectivity index (χ3v) is 5.54. The number of fused-ring (bicyclic) bond motifs is 4. The minimum absolute atomic E-state index is 0.0392. The molecule has 0 aromatic carbocycles. The number of carbonyl (C=O) groups excluding carboxylic acids is 1. The molecule has 3 aliphatic rings. The average Bonchev–Trinajstić information content (AvgIpc) is 2.95. The average molecular weight is 365 g/mol. The van der Waals surface area contributed by atoms with Crippen molar-refractivity contribution in [1.82, 2.24) is 19.9 Å². The van der Waals surface area contributed by atoms with Crippen LogP contribution in [0, 0.1) is 12.8 Å². The quantitative estimate of drug-likeness (QED) is 0.815. The summed E-state index contributed by atoms with van der Waals surface area (Å²) in [6, 6.07) is 8.15. The molecular weight excluding hydrogens is 338 g/mol. The van der Waals surface area contributed by atoms with Gasteiger partial charge < -0.3 is 9.80 Å². The summed E-state index contributed by atoms with van der Waals surface area (Å²) in [6.45, 7) is 6.34. The zero-order chi connectivity index (χ0) is 18.8. The molecule has 2 aromatic heterocycles. The number of nitrogens with zero attached hydrogens (tertiary/aromatic N) is 5. The summed E-state index contributed by atoms with van der Waals surface area (Å²) in [5.41, 5.74) is 1.95. The van der Waals surface area contributed by atoms with Crippen molar-refractivity contribution in [2.75, 3.05) is 18.0 Å². The van der Waals surface area contributed by atoms with E-state index in [9.17, 15) is 4.79 Å². The van der Waals surface area contributed by atoms with Gasteiger partial charge in [-0.2, -0.15) is 0 Å². The van der Waals surface area contributed by atoms with Gasteiger partial charge in [0.25, 0.3) is 0 Å². The first-order chi connectivity index (χ1) is 13.1. The Morgan fingerprint density at radius 3 is 2.85 bits per heavy atom. The lowest BCUT2D eigenvalue weighted by Crippen LogP contribution is -2.47. The van der Waals surface area contributed by atoms with Crippen LogP contribution in [0.1, 0.15) is 43.4 Å². The molecule has 2 aromatic rings. The molecule has 3 fully saturated rings. The van der Waals surface area contributed by atoms with Crippen LogP contribution < -0.4 is 4.90 Å². The highest BCUT2D eigenvalue weighted by atomic mass is 16.2. The van der Waals surface area contributed by atoms with E-state index >= 15 is 0 Å². The minimum Gasteiger partial charge on any atom is -0.354 e. The summed E-state index contributed by atoms with van der Waals surface area (Å²) in [6.07, 6.45) is 5.72. The van der Waals surface area contributed by atoms with E-state index in [2.05, 4.69) is 27.9 Å². The van der Waals surface area contributed by atoms with Crippen LogP contribution in [0.25, 0.3) is 0 Å². The van der Waals surface area contributed by atoms with Crippen molar-refractivity contribution in [2.24, 2.45) is 5.92 Å². The molecule has 0 aliphatic carbocycles. The Hall–Kier alpha value is -2.50. The van der Waals surface area contributed by atoms with Crippen molar-refractivity contribution >= 4 is 11.7 Å². The van der Waals surface area contributed by atoms with E-state index in [1.54, 1.807) is 6.20 Å². The second kappa shape index (κ2) is 7.62. The van der Waals surface area contributed by atoms with Gasteiger partial charge in [-0.15, -0.1) is 0 Å². The normalized spacial score (nSPS) is 22.2. The second-order valence-corrected chi connectivity index (χ2v) is 7.65. The summed E-state index contributed by atoms with van der Waals surface area (Å²) in [5.74, 6) is 2.17. The third kappa shape index (κ3) is 3.80. The van der Waals surface area contributed by atoms with Crippen LogP contribution in [-0.4, -0.2) is 44.9 Å². The molecule has 5 rings (SSSR count). The fourth-order valence-electron chi connectivity index (χ4n) is 4.21. The molecule has 27 heavy (non-hydrogen) atoms. The van der Waals surface area contributed by atoms with E-state index < -0.39 is 0 Å². The maximum absolute atomic E-state index is 13.1. The third-order valence-electron chi connectivity index (χ3n) is 5.54. The number of piperidine rings is 1. The molecule has 0 unspecified atom stereocenters. The Labute approximate surface area is 160 Å². The van der Waals surface area contributed by atoms with E-state index in [4.69, 9.17) is 4.98 Å². The van der Waals surface area contributed by atoms with Gasteiger partial charge in [0.1, 0.15) is 11.6 Å². The van der Waals surface area contributed by atoms with Gasteiger partial charge in [0.15, 0.2) is 0 Å². The highest BCUT2D eigenvalue weighted by molar-refractivity contribution is 5.81. The van der Waals surface area contributed by atoms with Gasteiger partial charge in [-0.1, -0.05) is 13.0 Å². The number of pyridine rings is 1. The summed E-state index contributed by atoms with van der Waals surface area (Å²) < 4.78 is 0. The topological polar surface area (TPSA) is 62.2 Å². The summed E-state index contributed by atoms with van der Waals surface area (Å²) in [5, 5.41) is 0. The number of rotatable bonds is 5. The molecule has 3 aliphatic heterocycles. The van der Waals surface area contributed by atoms with Crippen molar-refractivity contribution in [3.05, 3.63) is 47.7 Å². The van der Waals surface area contributed by atoms with E-state index in [1.165, 1.54) is 0 Å². The largest absolute Gasteiger partial charge is 0.354 e. The van der Waals surface area contributed by atoms with Crippen LogP contribution >= 0.6 is 0 Å². The van der Waals surface area contributed by atoms with Crippen LogP contribution in [-0.2, 0) is 17.8 Å². The predicted octanol–water partition coefficient (Wildman–Crippen LogP) is 2.76. The van der Waals surface area contributed by atoms with Crippen molar-refractivity contribution in [3.63, 3.8) is 0 Å². The maximum Gasteiger partial charge on any atom is 0.228 e. The fraction of sp³-hybridized carbons (Fsp3) is 0.524. The molecule has 5 heterocycles. The van der Waals surface area contributed by atoms with Crippen LogP contribution in [0.15, 0.2) is 30.5 Å². The Morgan fingerprint density at radius 1 is 1.19 bits per heavy atom. The molecule has 6 nitrogen and oxygen atoms in total. The smallest absolute Gasteiger partial charge is 0.228 e. The zero-order valence-corrected chi connectivity index (χ0v) is 16.1. The van der Waals surface area contributed by atoms with E-state index in [0.29, 0.717) is 6.54 Å². The monoisotopic (exact) mass is 365 g/mol. The van der Waals surface area contributed by atoms with Crippen LogP contribution in [0.5, 0.6) is 0 Å². The van der Waals surface area contributed by atoms with E-state index in [0.717, 1.165) is 61.8 Å². The molecule has 3 saturated heterocycles. The second-order valence-electron chi connectivity index (χ2n) is 7.65. The van der Waals surface area contributed by atoms with Gasteiger partial charge in [-0.05, 0) is 38.3 Å². The standard InChI is InChI=1S/C21H27N5O/c1-3-6-19-23-15(2)11-20(24-19)25-12-16-8-9-18(14-25)26(21(16)27)13-17-7-4-5-10-22-17/h4-5,7,10-11,16,18H,3,6,8-9,12-14H2,1-2H3/t16-,18+/m1/s1. The molecule has 0 N–H and O–H groups in total.